The zero-order valence-electron chi connectivity index (χ0n) is 28.9. The van der Waals surface area contributed by atoms with Gasteiger partial charge in [0.05, 0.1) is 11.8 Å². The van der Waals surface area contributed by atoms with Gasteiger partial charge in [-0.05, 0) is 70.4 Å². The molecular formula is C35H48N6O8S. The van der Waals surface area contributed by atoms with Gasteiger partial charge in [0.25, 0.3) is 5.91 Å². The fraction of sp³-hybridized carbons (Fsp3) is 0.629. The van der Waals surface area contributed by atoms with Crippen LogP contribution >= 0.6 is 0 Å². The van der Waals surface area contributed by atoms with Gasteiger partial charge < -0.3 is 25.6 Å². The molecule has 5 aliphatic rings. The van der Waals surface area contributed by atoms with Crippen LogP contribution in [0.4, 0.5) is 9.59 Å². The molecule has 0 radical (unpaired) electrons. The van der Waals surface area contributed by atoms with Gasteiger partial charge >= 0.3 is 12.1 Å². The molecule has 14 nitrogen and oxygen atoms in total. The van der Waals surface area contributed by atoms with Crippen LogP contribution in [0.2, 0.25) is 0 Å². The number of rotatable bonds is 5. The summed E-state index contributed by atoms with van der Waals surface area (Å²) < 4.78 is 33.6. The van der Waals surface area contributed by atoms with Crippen LogP contribution in [0.25, 0.3) is 0 Å². The molecule has 0 aromatic heterocycles. The van der Waals surface area contributed by atoms with Crippen molar-refractivity contribution in [2.45, 2.75) is 126 Å². The van der Waals surface area contributed by atoms with Crippen LogP contribution in [-0.4, -0.2) is 89.1 Å². The number of sulfonamides is 1. The van der Waals surface area contributed by atoms with E-state index >= 15 is 0 Å². The summed E-state index contributed by atoms with van der Waals surface area (Å²) in [5, 5.41) is 7.83. The number of allylic oxidation sites excluding steroid dienone is 1. The van der Waals surface area contributed by atoms with Crippen molar-refractivity contribution in [2.75, 3.05) is 6.54 Å². The second-order valence-electron chi connectivity index (χ2n) is 15.3. The zero-order valence-corrected chi connectivity index (χ0v) is 29.7. The van der Waals surface area contributed by atoms with Crippen molar-refractivity contribution >= 4 is 39.9 Å². The Morgan fingerprint density at radius 2 is 1.70 bits per heavy atom. The van der Waals surface area contributed by atoms with E-state index in [1.807, 2.05) is 57.2 Å². The molecule has 0 bridgehead atoms. The highest BCUT2D eigenvalue weighted by Gasteiger charge is 2.62. The summed E-state index contributed by atoms with van der Waals surface area (Å²) in [6, 6.07) is 5.06. The summed E-state index contributed by atoms with van der Waals surface area (Å²) in [5.74, 6) is -2.40. The number of carbonyl (C=O) groups is 5. The van der Waals surface area contributed by atoms with Gasteiger partial charge in [0, 0.05) is 31.0 Å². The first-order valence-corrected chi connectivity index (χ1v) is 19.2. The van der Waals surface area contributed by atoms with Crippen molar-refractivity contribution in [2.24, 2.45) is 5.92 Å². The number of carbonyl (C=O) groups excluding carboxylic acids is 5. The number of hydrogen-bond acceptors (Lipinski definition) is 8. The third-order valence-corrected chi connectivity index (χ3v) is 11.8. The molecule has 6 amide bonds. The number of nitrogens with one attached hydrogen (secondary N) is 4. The monoisotopic (exact) mass is 712 g/mol. The van der Waals surface area contributed by atoms with Gasteiger partial charge in [0.2, 0.25) is 21.8 Å². The summed E-state index contributed by atoms with van der Waals surface area (Å²) in [7, 11) is -3.89. The first-order chi connectivity index (χ1) is 23.6. The lowest BCUT2D eigenvalue weighted by molar-refractivity contribution is -0.141. The Bertz CT molecular complexity index is 1650. The molecule has 6 rings (SSSR count). The topological polar surface area (TPSA) is 183 Å². The Labute approximate surface area is 293 Å². The minimum Gasteiger partial charge on any atom is -0.444 e. The molecule has 3 heterocycles. The van der Waals surface area contributed by atoms with Crippen LogP contribution in [0.5, 0.6) is 0 Å². The fourth-order valence-electron chi connectivity index (χ4n) is 7.06. The van der Waals surface area contributed by atoms with Gasteiger partial charge in [-0.15, -0.1) is 0 Å². The van der Waals surface area contributed by atoms with Crippen LogP contribution in [0.3, 0.4) is 0 Å². The van der Waals surface area contributed by atoms with Crippen molar-refractivity contribution in [3.05, 3.63) is 47.5 Å². The molecule has 2 aliphatic carbocycles. The highest BCUT2D eigenvalue weighted by molar-refractivity contribution is 7.91. The maximum Gasteiger partial charge on any atom is 0.410 e. The molecule has 4 N–H and O–H groups in total. The number of fused-ring (bicyclic) bond motifs is 3. The first-order valence-electron chi connectivity index (χ1n) is 17.6. The minimum atomic E-state index is -3.89. The number of amides is 6. The van der Waals surface area contributed by atoms with Crippen LogP contribution in [0.1, 0.15) is 89.7 Å². The predicted molar refractivity (Wildman–Crippen MR) is 183 cm³/mol. The molecular weight excluding hydrogens is 664 g/mol. The van der Waals surface area contributed by atoms with E-state index in [9.17, 15) is 32.4 Å². The van der Waals surface area contributed by atoms with E-state index in [-0.39, 0.29) is 19.4 Å². The average Bonchev–Trinajstić information content (AvgIpc) is 3.92. The Hall–Kier alpha value is -4.14. The van der Waals surface area contributed by atoms with Crippen LogP contribution in [0.15, 0.2) is 36.4 Å². The minimum absolute atomic E-state index is 0.0381. The van der Waals surface area contributed by atoms with E-state index in [0.717, 1.165) is 24.0 Å². The van der Waals surface area contributed by atoms with E-state index in [0.29, 0.717) is 45.2 Å². The van der Waals surface area contributed by atoms with Gasteiger partial charge in [0.1, 0.15) is 23.7 Å². The molecule has 3 aliphatic heterocycles. The first kappa shape index (κ1) is 35.7. The largest absolute Gasteiger partial charge is 0.444 e. The molecule has 0 unspecified atom stereocenters. The van der Waals surface area contributed by atoms with Gasteiger partial charge in [0.15, 0.2) is 0 Å². The molecule has 2 saturated carbocycles. The molecule has 15 heteroatoms. The maximum absolute atomic E-state index is 14.3. The predicted octanol–water partition coefficient (Wildman–Crippen LogP) is 2.58. The van der Waals surface area contributed by atoms with E-state index in [4.69, 9.17) is 4.74 Å². The highest BCUT2D eigenvalue weighted by atomic mass is 32.2. The second-order valence-corrected chi connectivity index (χ2v) is 17.2. The molecule has 3 fully saturated rings. The molecule has 0 spiro atoms. The third-order valence-electron chi connectivity index (χ3n) is 10.0. The molecule has 5 atom stereocenters. The van der Waals surface area contributed by atoms with Gasteiger partial charge in [-0.3, -0.25) is 24.0 Å². The second kappa shape index (κ2) is 13.9. The third kappa shape index (κ3) is 8.08. The Morgan fingerprint density at radius 1 is 1.00 bits per heavy atom. The van der Waals surface area contributed by atoms with Crippen molar-refractivity contribution < 1.29 is 37.1 Å². The summed E-state index contributed by atoms with van der Waals surface area (Å²) in [4.78, 5) is 71.3. The fourth-order valence-corrected chi connectivity index (χ4v) is 8.43. The summed E-state index contributed by atoms with van der Waals surface area (Å²) in [6.45, 7) is 6.12. The van der Waals surface area contributed by atoms with E-state index in [2.05, 4.69) is 20.7 Å². The standard InChI is InChI=1S/C35H48N6O8S/c1-34(2,3)38-32(45)36-27-14-8-6-4-5-7-13-24-18-35(24,31(44)39-50(47,48)26-15-16-26)37-29(42)28-17-25(21-41(28)30(27)43)49-33(46)40-19-22-11-9-10-12-23(22)20-40/h7,9-13,24-28H,4-6,8,14-21H2,1-3H3,(H,37,42)(H,39,44)(H2,36,38,45)/b13-7+/t24-,25-,27+,28+,35-/m1/s1. The number of ether oxygens (including phenoxy) is 1. The molecule has 272 valence electrons. The van der Waals surface area contributed by atoms with Crippen LogP contribution in [0, 0.1) is 5.92 Å². The lowest BCUT2D eigenvalue weighted by Crippen LogP contribution is -2.59. The normalized spacial score (nSPS) is 29.3. The van der Waals surface area contributed by atoms with Gasteiger partial charge in [-0.25, -0.2) is 18.0 Å². The summed E-state index contributed by atoms with van der Waals surface area (Å²) in [5.41, 5.74) is -0.0427. The quantitative estimate of drug-likeness (QED) is 0.336. The summed E-state index contributed by atoms with van der Waals surface area (Å²) >= 11 is 0. The van der Waals surface area contributed by atoms with Crippen molar-refractivity contribution in [1.29, 1.82) is 0 Å². The molecule has 1 saturated heterocycles. The number of urea groups is 1. The summed E-state index contributed by atoms with van der Waals surface area (Å²) in [6.07, 6.45) is 6.69. The Kier molecular flexibility index (Phi) is 9.90. The molecule has 50 heavy (non-hydrogen) atoms. The van der Waals surface area contributed by atoms with Crippen LogP contribution < -0.4 is 20.7 Å². The molecule has 1 aromatic rings. The van der Waals surface area contributed by atoms with Crippen LogP contribution in [-0.2, 0) is 42.2 Å². The van der Waals surface area contributed by atoms with Gasteiger partial charge in [-0.2, -0.15) is 0 Å². The van der Waals surface area contributed by atoms with Crippen molar-refractivity contribution in [1.82, 2.24) is 30.5 Å². The zero-order chi connectivity index (χ0) is 35.8. The number of benzene rings is 1. The van der Waals surface area contributed by atoms with E-state index < -0.39 is 80.3 Å². The Morgan fingerprint density at radius 3 is 2.36 bits per heavy atom. The number of nitrogens with zero attached hydrogens (tertiary/aromatic N) is 2. The number of hydrogen-bond donors (Lipinski definition) is 4. The smallest absolute Gasteiger partial charge is 0.410 e. The maximum atomic E-state index is 14.3. The van der Waals surface area contributed by atoms with Crippen molar-refractivity contribution in [3.63, 3.8) is 0 Å². The SMILES string of the molecule is CC(C)(C)NC(=O)N[C@H]1CCCCC/C=C/[C@@H]2C[C@@]2(C(=O)NS(=O)(=O)C2CC2)NC(=O)[C@@H]2C[C@@H](OC(=O)N3Cc4ccccc4C3)CN2C1=O. The lowest BCUT2D eigenvalue weighted by atomic mass is 10.0. The lowest BCUT2D eigenvalue weighted by Gasteiger charge is -2.30. The van der Waals surface area contributed by atoms with Crippen molar-refractivity contribution in [3.8, 4) is 0 Å². The van der Waals surface area contributed by atoms with Gasteiger partial charge in [-0.1, -0.05) is 49.3 Å². The van der Waals surface area contributed by atoms with E-state index in [1.54, 1.807) is 4.90 Å². The highest BCUT2D eigenvalue weighted by Crippen LogP contribution is 2.46. The average molecular weight is 713 g/mol. The Balaban J connectivity index is 1.25. The molecule has 1 aromatic carbocycles. The van der Waals surface area contributed by atoms with E-state index in [1.165, 1.54) is 4.90 Å².